The van der Waals surface area contributed by atoms with E-state index >= 15 is 0 Å². The van der Waals surface area contributed by atoms with Gasteiger partial charge in [-0.2, -0.15) is 5.10 Å². The van der Waals surface area contributed by atoms with Crippen molar-refractivity contribution in [2.24, 2.45) is 0 Å². The summed E-state index contributed by atoms with van der Waals surface area (Å²) in [5.41, 5.74) is 8.97. The van der Waals surface area contributed by atoms with Crippen molar-refractivity contribution in [3.8, 4) is 22.5 Å². The van der Waals surface area contributed by atoms with Crippen LogP contribution in [0.3, 0.4) is 0 Å². The number of halogens is 1. The number of benzene rings is 1. The van der Waals surface area contributed by atoms with Gasteiger partial charge >= 0.3 is 0 Å². The minimum absolute atomic E-state index is 0.299. The third-order valence-electron chi connectivity index (χ3n) is 7.34. The Morgan fingerprint density at radius 2 is 1.95 bits per heavy atom. The third-order valence-corrected chi connectivity index (χ3v) is 7.34. The molecular weight excluding hydrogens is 551 g/mol. The SMILES string of the molecule is C=C/C(=C\C(=C/C)c1cc2c(-c3cc4c(-c5cc(F)cc(NCCN(C)C)c5)ccnc4[nH]3)n[nH]c2cn1)NC(=C)CCC. The molecule has 4 N–H and O–H groups in total. The third kappa shape index (κ3) is 6.79. The maximum atomic E-state index is 14.7. The molecule has 226 valence electrons. The van der Waals surface area contributed by atoms with Gasteiger partial charge in [0.25, 0.3) is 0 Å². The lowest BCUT2D eigenvalue weighted by molar-refractivity contribution is 0.425. The first-order valence-corrected chi connectivity index (χ1v) is 14.8. The van der Waals surface area contributed by atoms with E-state index in [0.29, 0.717) is 12.2 Å². The van der Waals surface area contributed by atoms with Crippen LogP contribution in [0.1, 0.15) is 32.4 Å². The molecule has 0 saturated carbocycles. The summed E-state index contributed by atoms with van der Waals surface area (Å²) >= 11 is 0. The number of aromatic amines is 2. The fourth-order valence-corrected chi connectivity index (χ4v) is 5.14. The van der Waals surface area contributed by atoms with E-state index in [1.807, 2.05) is 57.4 Å². The standard InChI is InChI=1S/C35H39FN8/c1-7-10-22(4)40-26(9-3)16-23(8-2)31-20-30-33(21-39-31)42-43-34(30)32-19-29-28(11-12-38-35(29)41-32)24-15-25(36)18-27(17-24)37-13-14-44(5)6/h8-9,11-12,15-21,37,40H,3-4,7,10,13-14H2,1-2,5-6H3,(H,38,41)(H,42,43)/b23-8+,26-16+. The number of hydrogen-bond donors (Lipinski definition) is 4. The summed E-state index contributed by atoms with van der Waals surface area (Å²) in [6.45, 7) is 13.7. The Kier molecular flexibility index (Phi) is 9.35. The lowest BCUT2D eigenvalue weighted by Gasteiger charge is -2.13. The number of anilines is 1. The summed E-state index contributed by atoms with van der Waals surface area (Å²) in [7, 11) is 4.02. The molecule has 0 fully saturated rings. The number of nitrogens with zero attached hydrogens (tertiary/aromatic N) is 4. The van der Waals surface area contributed by atoms with Crippen LogP contribution in [-0.2, 0) is 0 Å². The van der Waals surface area contributed by atoms with Crippen LogP contribution < -0.4 is 10.6 Å². The predicted octanol–water partition coefficient (Wildman–Crippen LogP) is 7.66. The Bertz CT molecular complexity index is 1870. The number of likely N-dealkylation sites (N-methyl/N-ethyl adjacent to an activating group) is 1. The van der Waals surface area contributed by atoms with Crippen LogP contribution in [0, 0.1) is 5.82 Å². The molecule has 0 spiro atoms. The molecule has 5 rings (SSSR count). The topological polar surface area (TPSA) is 97.5 Å². The number of allylic oxidation sites excluding steroid dienone is 5. The number of pyridine rings is 2. The summed E-state index contributed by atoms with van der Waals surface area (Å²) in [6.07, 6.45) is 11.2. The first-order chi connectivity index (χ1) is 21.3. The minimum atomic E-state index is -0.299. The second-order valence-corrected chi connectivity index (χ2v) is 11.0. The van der Waals surface area contributed by atoms with E-state index in [2.05, 4.69) is 55.8 Å². The average molecular weight is 591 g/mol. The van der Waals surface area contributed by atoms with E-state index in [0.717, 1.165) is 86.5 Å². The lowest BCUT2D eigenvalue weighted by atomic mass is 10.0. The van der Waals surface area contributed by atoms with Gasteiger partial charge in [0, 0.05) is 47.1 Å². The Labute approximate surface area is 257 Å². The number of rotatable bonds is 13. The van der Waals surface area contributed by atoms with Gasteiger partial charge in [0.05, 0.1) is 23.1 Å². The molecule has 4 heterocycles. The van der Waals surface area contributed by atoms with Crippen LogP contribution in [0.5, 0.6) is 0 Å². The van der Waals surface area contributed by atoms with Gasteiger partial charge in [-0.15, -0.1) is 0 Å². The van der Waals surface area contributed by atoms with Crippen LogP contribution in [0.2, 0.25) is 0 Å². The number of fused-ring (bicyclic) bond motifs is 2. The summed E-state index contributed by atoms with van der Waals surface area (Å²) < 4.78 is 14.7. The Hall–Kier alpha value is -5.02. The van der Waals surface area contributed by atoms with Crippen molar-refractivity contribution in [2.75, 3.05) is 32.5 Å². The van der Waals surface area contributed by atoms with Crippen molar-refractivity contribution in [1.29, 1.82) is 0 Å². The maximum Gasteiger partial charge on any atom is 0.138 e. The number of hydrogen-bond acceptors (Lipinski definition) is 6. The average Bonchev–Trinajstić information content (AvgIpc) is 3.62. The zero-order chi connectivity index (χ0) is 31.2. The fourth-order valence-electron chi connectivity index (χ4n) is 5.14. The lowest BCUT2D eigenvalue weighted by Crippen LogP contribution is -2.20. The van der Waals surface area contributed by atoms with Crippen LogP contribution in [-0.4, -0.2) is 57.2 Å². The molecule has 44 heavy (non-hydrogen) atoms. The van der Waals surface area contributed by atoms with Gasteiger partial charge in [-0.3, -0.25) is 10.1 Å². The molecule has 0 aliphatic carbocycles. The highest BCUT2D eigenvalue weighted by Gasteiger charge is 2.16. The van der Waals surface area contributed by atoms with E-state index in [9.17, 15) is 4.39 Å². The first kappa shape index (κ1) is 30.4. The Balaban J connectivity index is 1.50. The van der Waals surface area contributed by atoms with Gasteiger partial charge in [-0.25, -0.2) is 9.37 Å². The monoisotopic (exact) mass is 590 g/mol. The highest BCUT2D eigenvalue weighted by atomic mass is 19.1. The zero-order valence-electron chi connectivity index (χ0n) is 25.8. The second-order valence-electron chi connectivity index (χ2n) is 11.0. The molecule has 0 radical (unpaired) electrons. The van der Waals surface area contributed by atoms with E-state index in [4.69, 9.17) is 4.98 Å². The van der Waals surface area contributed by atoms with Gasteiger partial charge in [-0.05, 0) is 92.7 Å². The molecule has 0 amide bonds. The fraction of sp³-hybridized carbons (Fsp3) is 0.229. The van der Waals surface area contributed by atoms with Crippen LogP contribution in [0.4, 0.5) is 10.1 Å². The predicted molar refractivity (Wildman–Crippen MR) is 181 cm³/mol. The molecule has 5 aromatic rings. The van der Waals surface area contributed by atoms with Crippen LogP contribution >= 0.6 is 0 Å². The molecule has 0 unspecified atom stereocenters. The number of nitrogens with one attached hydrogen (secondary N) is 4. The molecule has 0 aliphatic rings. The quantitative estimate of drug-likeness (QED) is 0.105. The van der Waals surface area contributed by atoms with Crippen LogP contribution in [0.25, 0.3) is 50.0 Å². The molecular formula is C35H39FN8. The number of aromatic nitrogens is 5. The van der Waals surface area contributed by atoms with E-state index in [1.165, 1.54) is 6.07 Å². The molecule has 0 atom stereocenters. The normalized spacial score (nSPS) is 12.3. The molecule has 4 aromatic heterocycles. The highest BCUT2D eigenvalue weighted by molar-refractivity contribution is 6.00. The van der Waals surface area contributed by atoms with E-state index < -0.39 is 0 Å². The van der Waals surface area contributed by atoms with Gasteiger partial charge in [-0.1, -0.05) is 32.6 Å². The van der Waals surface area contributed by atoms with Gasteiger partial charge < -0.3 is 20.5 Å². The Morgan fingerprint density at radius 3 is 2.70 bits per heavy atom. The molecule has 0 saturated heterocycles. The zero-order valence-corrected chi connectivity index (χ0v) is 25.8. The summed E-state index contributed by atoms with van der Waals surface area (Å²) in [4.78, 5) is 14.8. The van der Waals surface area contributed by atoms with Gasteiger partial charge in [0.1, 0.15) is 17.2 Å². The van der Waals surface area contributed by atoms with Crippen LogP contribution in [0.15, 0.2) is 91.6 Å². The smallest absolute Gasteiger partial charge is 0.138 e. The number of H-pyrrole nitrogens is 2. The minimum Gasteiger partial charge on any atom is -0.384 e. The Morgan fingerprint density at radius 1 is 1.11 bits per heavy atom. The summed E-state index contributed by atoms with van der Waals surface area (Å²) in [6, 6.07) is 11.0. The summed E-state index contributed by atoms with van der Waals surface area (Å²) in [5.74, 6) is -0.299. The molecule has 8 nitrogen and oxygen atoms in total. The van der Waals surface area contributed by atoms with Gasteiger partial charge in [0.15, 0.2) is 0 Å². The molecule has 9 heteroatoms. The summed E-state index contributed by atoms with van der Waals surface area (Å²) in [5, 5.41) is 16.2. The van der Waals surface area contributed by atoms with Crippen molar-refractivity contribution < 1.29 is 4.39 Å². The van der Waals surface area contributed by atoms with Crippen molar-refractivity contribution >= 4 is 33.2 Å². The first-order valence-electron chi connectivity index (χ1n) is 14.8. The molecule has 0 bridgehead atoms. The molecule has 1 aromatic carbocycles. The second kappa shape index (κ2) is 13.5. The van der Waals surface area contributed by atoms with Crippen molar-refractivity contribution in [3.63, 3.8) is 0 Å². The van der Waals surface area contributed by atoms with Crippen molar-refractivity contribution in [2.45, 2.75) is 26.7 Å². The maximum absolute atomic E-state index is 14.7. The molecule has 0 aliphatic heterocycles. The van der Waals surface area contributed by atoms with E-state index in [-0.39, 0.29) is 5.82 Å². The van der Waals surface area contributed by atoms with Crippen molar-refractivity contribution in [1.82, 2.24) is 35.4 Å². The van der Waals surface area contributed by atoms with Gasteiger partial charge in [0.2, 0.25) is 0 Å². The van der Waals surface area contributed by atoms with E-state index in [1.54, 1.807) is 24.5 Å². The largest absolute Gasteiger partial charge is 0.384 e. The van der Waals surface area contributed by atoms with Crippen molar-refractivity contribution in [3.05, 3.63) is 103 Å². The highest BCUT2D eigenvalue weighted by Crippen LogP contribution is 2.35.